The van der Waals surface area contributed by atoms with Crippen molar-refractivity contribution in [2.24, 2.45) is 0 Å². The van der Waals surface area contributed by atoms with Gasteiger partial charge in [-0.3, -0.25) is 0 Å². The molecule has 5 rings (SSSR count). The van der Waals surface area contributed by atoms with E-state index in [-0.39, 0.29) is 5.56 Å². The van der Waals surface area contributed by atoms with Gasteiger partial charge in [-0.25, -0.2) is 9.78 Å². The summed E-state index contributed by atoms with van der Waals surface area (Å²) in [6, 6.07) is 34.0. The first-order chi connectivity index (χ1) is 16.2. The van der Waals surface area contributed by atoms with E-state index in [1.807, 2.05) is 48.6 Å². The normalized spacial score (nSPS) is 11.2. The van der Waals surface area contributed by atoms with Crippen LogP contribution >= 0.6 is 11.3 Å². The number of benzene rings is 4. The fraction of sp³-hybridized carbons (Fsp3) is 0. The molecule has 4 aromatic carbocycles. The molecule has 1 aromatic heterocycles. The number of anilines is 3. The third-order valence-corrected chi connectivity index (χ3v) is 6.23. The molecule has 0 saturated carbocycles. The van der Waals surface area contributed by atoms with Gasteiger partial charge in [-0.15, -0.1) is 11.3 Å². The maximum Gasteiger partial charge on any atom is 0.335 e. The largest absolute Gasteiger partial charge is 0.478 e. The summed E-state index contributed by atoms with van der Waals surface area (Å²) in [5, 5.41) is 10.0. The minimum absolute atomic E-state index is 0.277. The number of hydrogen-bond donors (Lipinski definition) is 1. The van der Waals surface area contributed by atoms with Crippen LogP contribution in [0.4, 0.5) is 17.1 Å². The molecule has 5 heteroatoms. The molecule has 1 N–H and O–H groups in total. The van der Waals surface area contributed by atoms with Gasteiger partial charge in [-0.05, 0) is 66.2 Å². The Bertz CT molecular complexity index is 1390. The average Bonchev–Trinajstić information content (AvgIpc) is 3.27. The van der Waals surface area contributed by atoms with Gasteiger partial charge in [0.15, 0.2) is 0 Å². The zero-order valence-corrected chi connectivity index (χ0v) is 18.4. The minimum atomic E-state index is -0.928. The van der Waals surface area contributed by atoms with Gasteiger partial charge in [0, 0.05) is 17.1 Å². The van der Waals surface area contributed by atoms with E-state index in [4.69, 9.17) is 0 Å². The molecule has 0 radical (unpaired) electrons. The van der Waals surface area contributed by atoms with Gasteiger partial charge in [0.1, 0.15) is 5.01 Å². The number of aromatic carboxylic acids is 1. The highest BCUT2D eigenvalue weighted by atomic mass is 32.1. The lowest BCUT2D eigenvalue weighted by atomic mass is 10.1. The van der Waals surface area contributed by atoms with E-state index < -0.39 is 5.97 Å². The van der Waals surface area contributed by atoms with E-state index in [0.717, 1.165) is 37.8 Å². The summed E-state index contributed by atoms with van der Waals surface area (Å²) in [6.07, 6.45) is 3.99. The van der Waals surface area contributed by atoms with Crippen molar-refractivity contribution in [3.05, 3.63) is 119 Å². The van der Waals surface area contributed by atoms with E-state index >= 15 is 0 Å². The number of aromatic nitrogens is 1. The molecule has 0 spiro atoms. The number of thiazole rings is 1. The molecular formula is C28H20N2O2S. The minimum Gasteiger partial charge on any atom is -0.478 e. The molecule has 5 aromatic rings. The average molecular weight is 449 g/mol. The van der Waals surface area contributed by atoms with Crippen molar-refractivity contribution < 1.29 is 9.90 Å². The molecule has 160 valence electrons. The summed E-state index contributed by atoms with van der Waals surface area (Å²) >= 11 is 1.48. The number of carboxylic acids is 1. The molecule has 0 amide bonds. The molecule has 0 unspecified atom stereocenters. The molecule has 0 aliphatic rings. The standard InChI is InChI=1S/C28H20N2O2S/c31-28(32)21-14-17-25-26(19-21)33-27(29-25)18-13-20-11-15-24(16-12-20)30(22-7-3-1-4-8-22)23-9-5-2-6-10-23/h1-19H,(H,31,32). The van der Waals surface area contributed by atoms with Crippen molar-refractivity contribution >= 4 is 56.7 Å². The fourth-order valence-corrected chi connectivity index (χ4v) is 4.56. The summed E-state index contributed by atoms with van der Waals surface area (Å²) in [4.78, 5) is 18.0. The van der Waals surface area contributed by atoms with Crippen LogP contribution in [0.25, 0.3) is 22.4 Å². The van der Waals surface area contributed by atoms with Crippen molar-refractivity contribution in [1.82, 2.24) is 4.98 Å². The summed E-state index contributed by atoms with van der Waals surface area (Å²) in [7, 11) is 0. The van der Waals surface area contributed by atoms with Crippen molar-refractivity contribution in [2.75, 3.05) is 4.90 Å². The smallest absolute Gasteiger partial charge is 0.335 e. The van der Waals surface area contributed by atoms with Crippen LogP contribution in [0, 0.1) is 0 Å². The van der Waals surface area contributed by atoms with Crippen LogP contribution in [0.3, 0.4) is 0 Å². The Morgan fingerprint density at radius 3 is 1.97 bits per heavy atom. The van der Waals surface area contributed by atoms with Gasteiger partial charge in [0.25, 0.3) is 0 Å². The second-order valence-corrected chi connectivity index (χ2v) is 8.53. The highest BCUT2D eigenvalue weighted by molar-refractivity contribution is 7.19. The van der Waals surface area contributed by atoms with E-state index in [1.165, 1.54) is 11.3 Å². The zero-order chi connectivity index (χ0) is 22.6. The molecule has 0 saturated heterocycles. The maximum atomic E-state index is 11.2. The zero-order valence-electron chi connectivity index (χ0n) is 17.6. The van der Waals surface area contributed by atoms with E-state index in [2.05, 4.69) is 58.4 Å². The Hall–Kier alpha value is -4.22. The van der Waals surface area contributed by atoms with Crippen molar-refractivity contribution in [3.8, 4) is 0 Å². The molecule has 4 nitrogen and oxygen atoms in total. The Balaban J connectivity index is 1.41. The molecule has 0 aliphatic carbocycles. The monoisotopic (exact) mass is 448 g/mol. The molecular weight excluding hydrogens is 428 g/mol. The number of para-hydroxylation sites is 2. The quantitative estimate of drug-likeness (QED) is 0.290. The number of nitrogens with zero attached hydrogens (tertiary/aromatic N) is 2. The first-order valence-electron chi connectivity index (χ1n) is 10.5. The third kappa shape index (κ3) is 4.54. The Morgan fingerprint density at radius 1 is 0.758 bits per heavy atom. The molecule has 0 bridgehead atoms. The summed E-state index contributed by atoms with van der Waals surface area (Å²) in [6.45, 7) is 0. The van der Waals surface area contributed by atoms with Crippen molar-refractivity contribution in [2.45, 2.75) is 0 Å². The highest BCUT2D eigenvalue weighted by Crippen LogP contribution is 2.34. The van der Waals surface area contributed by atoms with Crippen LogP contribution in [-0.4, -0.2) is 16.1 Å². The van der Waals surface area contributed by atoms with E-state index in [9.17, 15) is 9.90 Å². The van der Waals surface area contributed by atoms with Gasteiger partial charge >= 0.3 is 5.97 Å². The number of fused-ring (bicyclic) bond motifs is 1. The second-order valence-electron chi connectivity index (χ2n) is 7.47. The van der Waals surface area contributed by atoms with E-state index in [0.29, 0.717) is 0 Å². The summed E-state index contributed by atoms with van der Waals surface area (Å²) in [5.74, 6) is -0.928. The summed E-state index contributed by atoms with van der Waals surface area (Å²) in [5.41, 5.74) is 5.42. The first-order valence-corrected chi connectivity index (χ1v) is 11.3. The predicted molar refractivity (Wildman–Crippen MR) is 137 cm³/mol. The third-order valence-electron chi connectivity index (χ3n) is 5.25. The topological polar surface area (TPSA) is 53.4 Å². The van der Waals surface area contributed by atoms with Gasteiger partial charge in [-0.1, -0.05) is 54.6 Å². The predicted octanol–water partition coefficient (Wildman–Crippen LogP) is 7.63. The van der Waals surface area contributed by atoms with Crippen LogP contribution in [0.15, 0.2) is 103 Å². The van der Waals surface area contributed by atoms with Crippen molar-refractivity contribution in [3.63, 3.8) is 0 Å². The van der Waals surface area contributed by atoms with Gasteiger partial charge < -0.3 is 10.0 Å². The van der Waals surface area contributed by atoms with Crippen LogP contribution in [0.1, 0.15) is 20.9 Å². The molecule has 1 heterocycles. The molecule has 0 fully saturated rings. The van der Waals surface area contributed by atoms with E-state index in [1.54, 1.807) is 18.2 Å². The van der Waals surface area contributed by atoms with Crippen LogP contribution in [0.5, 0.6) is 0 Å². The highest BCUT2D eigenvalue weighted by Gasteiger charge is 2.11. The Kier molecular flexibility index (Phi) is 5.70. The van der Waals surface area contributed by atoms with Crippen LogP contribution in [-0.2, 0) is 0 Å². The SMILES string of the molecule is O=C(O)c1ccc2nc(C=Cc3ccc(N(c4ccccc4)c4ccccc4)cc3)sc2c1. The number of rotatable bonds is 6. The molecule has 33 heavy (non-hydrogen) atoms. The van der Waals surface area contributed by atoms with Crippen LogP contribution < -0.4 is 4.90 Å². The Morgan fingerprint density at radius 2 is 1.36 bits per heavy atom. The fourth-order valence-electron chi connectivity index (χ4n) is 3.65. The Labute approximate surface area is 195 Å². The lowest BCUT2D eigenvalue weighted by Gasteiger charge is -2.25. The van der Waals surface area contributed by atoms with Crippen LogP contribution in [0.2, 0.25) is 0 Å². The lowest BCUT2D eigenvalue weighted by molar-refractivity contribution is 0.0697. The first kappa shape index (κ1) is 20.7. The maximum absolute atomic E-state index is 11.2. The number of hydrogen-bond acceptors (Lipinski definition) is 4. The number of carbonyl (C=O) groups is 1. The molecule has 0 aliphatic heterocycles. The summed E-state index contributed by atoms with van der Waals surface area (Å²) < 4.78 is 0.867. The van der Waals surface area contributed by atoms with Gasteiger partial charge in [0.05, 0.1) is 15.8 Å². The van der Waals surface area contributed by atoms with Gasteiger partial charge in [0.2, 0.25) is 0 Å². The lowest BCUT2D eigenvalue weighted by Crippen LogP contribution is -2.09. The van der Waals surface area contributed by atoms with Gasteiger partial charge in [-0.2, -0.15) is 0 Å². The number of carboxylic acid groups (broad SMARTS) is 1. The second kappa shape index (κ2) is 9.10. The molecule has 0 atom stereocenters. The van der Waals surface area contributed by atoms with Crippen molar-refractivity contribution in [1.29, 1.82) is 0 Å².